The van der Waals surface area contributed by atoms with Crippen molar-refractivity contribution >= 4 is 21.8 Å². The SMILES string of the molecule is COc1ccc(Br)cc1C(N)COCC(N)=O. The first-order chi connectivity index (χ1) is 8.04. The van der Waals surface area contributed by atoms with E-state index in [1.165, 1.54) is 0 Å². The van der Waals surface area contributed by atoms with Crippen LogP contribution in [0.5, 0.6) is 5.75 Å². The zero-order valence-corrected chi connectivity index (χ0v) is 11.1. The van der Waals surface area contributed by atoms with Gasteiger partial charge in [0.05, 0.1) is 19.8 Å². The van der Waals surface area contributed by atoms with Crippen molar-refractivity contribution in [3.8, 4) is 5.75 Å². The number of carbonyl (C=O) groups is 1. The average Bonchev–Trinajstić information content (AvgIpc) is 2.28. The van der Waals surface area contributed by atoms with E-state index in [9.17, 15) is 4.79 Å². The Morgan fingerprint density at radius 2 is 2.24 bits per heavy atom. The standard InChI is InChI=1S/C11H15BrN2O3/c1-16-10-3-2-7(12)4-8(10)9(13)5-17-6-11(14)15/h2-4,9H,5-6,13H2,1H3,(H2,14,15). The van der Waals surface area contributed by atoms with Crippen molar-refractivity contribution in [2.75, 3.05) is 20.3 Å². The van der Waals surface area contributed by atoms with E-state index in [4.69, 9.17) is 20.9 Å². The Hall–Kier alpha value is -1.11. The maximum atomic E-state index is 10.5. The lowest BCUT2D eigenvalue weighted by Crippen LogP contribution is -2.23. The van der Waals surface area contributed by atoms with Gasteiger partial charge in [0.2, 0.25) is 5.91 Å². The number of carbonyl (C=O) groups excluding carboxylic acids is 1. The molecule has 94 valence electrons. The topological polar surface area (TPSA) is 87.6 Å². The van der Waals surface area contributed by atoms with Gasteiger partial charge in [-0.2, -0.15) is 0 Å². The molecule has 4 N–H and O–H groups in total. The molecular weight excluding hydrogens is 288 g/mol. The van der Waals surface area contributed by atoms with E-state index in [0.717, 1.165) is 10.0 Å². The Labute approximate surface area is 108 Å². The maximum Gasteiger partial charge on any atom is 0.243 e. The summed E-state index contributed by atoms with van der Waals surface area (Å²) < 4.78 is 11.2. The number of primary amides is 1. The number of nitrogens with two attached hydrogens (primary N) is 2. The fourth-order valence-electron chi connectivity index (χ4n) is 1.37. The van der Waals surface area contributed by atoms with E-state index in [1.807, 2.05) is 18.2 Å². The van der Waals surface area contributed by atoms with Gasteiger partial charge in [0.15, 0.2) is 0 Å². The van der Waals surface area contributed by atoms with Crippen LogP contribution in [-0.2, 0) is 9.53 Å². The normalized spacial score (nSPS) is 12.2. The van der Waals surface area contributed by atoms with Crippen LogP contribution < -0.4 is 16.2 Å². The lowest BCUT2D eigenvalue weighted by Gasteiger charge is -2.15. The minimum absolute atomic E-state index is 0.135. The Bertz CT molecular complexity index is 398. The molecule has 1 rings (SSSR count). The fraction of sp³-hybridized carbons (Fsp3) is 0.364. The molecule has 0 aliphatic carbocycles. The number of ether oxygens (including phenoxy) is 2. The molecule has 0 aliphatic rings. The van der Waals surface area contributed by atoms with Crippen molar-refractivity contribution < 1.29 is 14.3 Å². The highest BCUT2D eigenvalue weighted by Crippen LogP contribution is 2.27. The quantitative estimate of drug-likeness (QED) is 0.819. The molecule has 6 heteroatoms. The first kappa shape index (κ1) is 14.0. The number of halogens is 1. The number of rotatable bonds is 6. The molecule has 0 saturated carbocycles. The van der Waals surface area contributed by atoms with Crippen molar-refractivity contribution in [2.24, 2.45) is 11.5 Å². The lowest BCUT2D eigenvalue weighted by atomic mass is 10.1. The molecule has 1 aromatic rings. The first-order valence-corrected chi connectivity index (χ1v) is 5.79. The summed E-state index contributed by atoms with van der Waals surface area (Å²) in [5.41, 5.74) is 11.7. The summed E-state index contributed by atoms with van der Waals surface area (Å²) in [6.45, 7) is 0.0692. The van der Waals surface area contributed by atoms with Gasteiger partial charge < -0.3 is 20.9 Å². The van der Waals surface area contributed by atoms with Crippen LogP contribution in [-0.4, -0.2) is 26.2 Å². The lowest BCUT2D eigenvalue weighted by molar-refractivity contribution is -0.122. The number of hydrogen-bond donors (Lipinski definition) is 2. The van der Waals surface area contributed by atoms with Gasteiger partial charge in [-0.1, -0.05) is 15.9 Å². The summed E-state index contributed by atoms with van der Waals surface area (Å²) in [5.74, 6) is 0.168. The van der Waals surface area contributed by atoms with E-state index in [2.05, 4.69) is 15.9 Å². The van der Waals surface area contributed by atoms with Gasteiger partial charge in [-0.05, 0) is 18.2 Å². The van der Waals surface area contributed by atoms with Crippen LogP contribution in [0.3, 0.4) is 0 Å². The predicted molar refractivity (Wildman–Crippen MR) is 67.6 cm³/mol. The van der Waals surface area contributed by atoms with Crippen molar-refractivity contribution in [1.29, 1.82) is 0 Å². The van der Waals surface area contributed by atoms with E-state index in [1.54, 1.807) is 7.11 Å². The van der Waals surface area contributed by atoms with Crippen molar-refractivity contribution in [1.82, 2.24) is 0 Å². The monoisotopic (exact) mass is 302 g/mol. The van der Waals surface area contributed by atoms with Gasteiger partial charge in [-0.3, -0.25) is 4.79 Å². The van der Waals surface area contributed by atoms with Gasteiger partial charge >= 0.3 is 0 Å². The molecule has 1 aromatic carbocycles. The summed E-state index contributed by atoms with van der Waals surface area (Å²) in [6, 6.07) is 5.16. The highest BCUT2D eigenvalue weighted by Gasteiger charge is 2.13. The number of hydrogen-bond acceptors (Lipinski definition) is 4. The van der Waals surface area contributed by atoms with E-state index in [0.29, 0.717) is 5.75 Å². The van der Waals surface area contributed by atoms with Gasteiger partial charge in [0.1, 0.15) is 12.4 Å². The smallest absolute Gasteiger partial charge is 0.243 e. The van der Waals surface area contributed by atoms with Gasteiger partial charge in [-0.25, -0.2) is 0 Å². The Morgan fingerprint density at radius 1 is 1.53 bits per heavy atom. The molecule has 0 heterocycles. The summed E-state index contributed by atoms with van der Waals surface area (Å²) in [4.78, 5) is 10.5. The maximum absolute atomic E-state index is 10.5. The van der Waals surface area contributed by atoms with Crippen LogP contribution >= 0.6 is 15.9 Å². The molecule has 0 saturated heterocycles. The van der Waals surface area contributed by atoms with Crippen LogP contribution in [0.4, 0.5) is 0 Å². The van der Waals surface area contributed by atoms with Crippen molar-refractivity contribution in [2.45, 2.75) is 6.04 Å². The molecule has 0 bridgehead atoms. The number of methoxy groups -OCH3 is 1. The minimum atomic E-state index is -0.515. The highest BCUT2D eigenvalue weighted by molar-refractivity contribution is 9.10. The van der Waals surface area contributed by atoms with Gasteiger partial charge in [-0.15, -0.1) is 0 Å². The summed E-state index contributed by atoms with van der Waals surface area (Å²) in [5, 5.41) is 0. The summed E-state index contributed by atoms with van der Waals surface area (Å²) in [6.07, 6.45) is 0. The average molecular weight is 303 g/mol. The van der Waals surface area contributed by atoms with Crippen LogP contribution in [0, 0.1) is 0 Å². The Kier molecular flexibility index (Phi) is 5.40. The Balaban J connectivity index is 2.69. The third kappa shape index (κ3) is 4.33. The number of amides is 1. The third-order valence-electron chi connectivity index (χ3n) is 2.13. The van der Waals surface area contributed by atoms with Crippen LogP contribution in [0.1, 0.15) is 11.6 Å². The Morgan fingerprint density at radius 3 is 2.82 bits per heavy atom. The molecule has 0 spiro atoms. The van der Waals surface area contributed by atoms with Crippen molar-refractivity contribution in [3.05, 3.63) is 28.2 Å². The number of benzene rings is 1. The van der Waals surface area contributed by atoms with Crippen molar-refractivity contribution in [3.63, 3.8) is 0 Å². The van der Waals surface area contributed by atoms with Crippen LogP contribution in [0.15, 0.2) is 22.7 Å². The molecule has 5 nitrogen and oxygen atoms in total. The van der Waals surface area contributed by atoms with Crippen LogP contribution in [0.25, 0.3) is 0 Å². The predicted octanol–water partition coefficient (Wildman–Crippen LogP) is 0.959. The minimum Gasteiger partial charge on any atom is -0.496 e. The van der Waals surface area contributed by atoms with Crippen LogP contribution in [0.2, 0.25) is 0 Å². The largest absolute Gasteiger partial charge is 0.496 e. The summed E-state index contributed by atoms with van der Waals surface area (Å²) >= 11 is 3.36. The second-order valence-electron chi connectivity index (χ2n) is 3.47. The van der Waals surface area contributed by atoms with E-state index >= 15 is 0 Å². The highest BCUT2D eigenvalue weighted by atomic mass is 79.9. The molecule has 1 amide bonds. The first-order valence-electron chi connectivity index (χ1n) is 4.99. The zero-order chi connectivity index (χ0) is 12.8. The van der Waals surface area contributed by atoms with Gasteiger partial charge in [0.25, 0.3) is 0 Å². The zero-order valence-electron chi connectivity index (χ0n) is 9.48. The van der Waals surface area contributed by atoms with Gasteiger partial charge in [0, 0.05) is 10.0 Å². The molecule has 1 atom stereocenters. The third-order valence-corrected chi connectivity index (χ3v) is 2.63. The van der Waals surface area contributed by atoms with E-state index in [-0.39, 0.29) is 19.3 Å². The second-order valence-corrected chi connectivity index (χ2v) is 4.39. The molecule has 1 unspecified atom stereocenters. The molecule has 0 aromatic heterocycles. The molecule has 0 fully saturated rings. The van der Waals surface area contributed by atoms with E-state index < -0.39 is 5.91 Å². The summed E-state index contributed by atoms with van der Waals surface area (Å²) in [7, 11) is 1.57. The molecular formula is C11H15BrN2O3. The molecule has 17 heavy (non-hydrogen) atoms. The molecule has 0 radical (unpaired) electrons. The fourth-order valence-corrected chi connectivity index (χ4v) is 1.75. The molecule has 0 aliphatic heterocycles. The second kappa shape index (κ2) is 6.58.